The van der Waals surface area contributed by atoms with Crippen LogP contribution in [0, 0.1) is 10.1 Å². The molecule has 9 nitrogen and oxygen atoms in total. The summed E-state index contributed by atoms with van der Waals surface area (Å²) in [5.74, 6) is 0. The van der Waals surface area contributed by atoms with Crippen molar-refractivity contribution in [3.63, 3.8) is 0 Å². The van der Waals surface area contributed by atoms with E-state index in [4.69, 9.17) is 4.84 Å². The van der Waals surface area contributed by atoms with E-state index in [-0.39, 0.29) is 12.3 Å². The van der Waals surface area contributed by atoms with Crippen LogP contribution in [0.15, 0.2) is 48.5 Å². The van der Waals surface area contributed by atoms with Gasteiger partial charge in [0.1, 0.15) is 5.25 Å². The number of nitro benzene ring substituents is 1. The quantitative estimate of drug-likeness (QED) is 0.580. The van der Waals surface area contributed by atoms with Gasteiger partial charge < -0.3 is 4.90 Å². The molecule has 2 unspecified atom stereocenters. The minimum absolute atomic E-state index is 0.0106. The first-order valence-corrected chi connectivity index (χ1v) is 10.1. The Kier molecular flexibility index (Phi) is 5.54. The van der Waals surface area contributed by atoms with Crippen molar-refractivity contribution >= 4 is 27.1 Å². The van der Waals surface area contributed by atoms with Crippen LogP contribution in [0.2, 0.25) is 0 Å². The monoisotopic (exact) mass is 406 g/mol. The van der Waals surface area contributed by atoms with Crippen LogP contribution in [-0.2, 0) is 14.9 Å². The van der Waals surface area contributed by atoms with Crippen molar-refractivity contribution in [1.29, 1.82) is 0 Å². The van der Waals surface area contributed by atoms with Gasteiger partial charge in [0.2, 0.25) is 10.0 Å². The second-order valence-corrected chi connectivity index (χ2v) is 8.66. The number of rotatable bonds is 6. The van der Waals surface area contributed by atoms with Gasteiger partial charge >= 0.3 is 0 Å². The van der Waals surface area contributed by atoms with Crippen molar-refractivity contribution in [1.82, 2.24) is 5.06 Å². The van der Waals surface area contributed by atoms with Crippen molar-refractivity contribution in [2.75, 3.05) is 37.4 Å². The molecule has 10 heteroatoms. The number of hydroxylamine groups is 2. The first-order valence-electron chi connectivity index (χ1n) is 8.58. The normalized spacial score (nSPS) is 20.1. The molecule has 1 heterocycles. The fourth-order valence-corrected chi connectivity index (χ4v) is 4.67. The van der Waals surface area contributed by atoms with Crippen LogP contribution < -0.4 is 9.62 Å². The average Bonchev–Trinajstić information content (AvgIpc) is 3.04. The second-order valence-electron chi connectivity index (χ2n) is 6.76. The minimum atomic E-state index is -3.77. The van der Waals surface area contributed by atoms with Crippen LogP contribution in [0.4, 0.5) is 17.1 Å². The summed E-state index contributed by atoms with van der Waals surface area (Å²) in [6.45, 7) is -0.0106. The molecule has 1 fully saturated rings. The Hall–Kier alpha value is -2.69. The number of nitrogens with zero attached hydrogens (tertiary/aromatic N) is 3. The summed E-state index contributed by atoms with van der Waals surface area (Å²) in [6, 6.07) is 12.3. The van der Waals surface area contributed by atoms with E-state index in [1.807, 2.05) is 31.1 Å². The number of anilines is 2. The van der Waals surface area contributed by atoms with Crippen LogP contribution in [0.25, 0.3) is 0 Å². The predicted molar refractivity (Wildman–Crippen MR) is 107 cm³/mol. The van der Waals surface area contributed by atoms with Crippen LogP contribution in [0.5, 0.6) is 0 Å². The largest absolute Gasteiger partial charge is 0.378 e. The van der Waals surface area contributed by atoms with Crippen molar-refractivity contribution in [2.45, 2.75) is 11.3 Å². The van der Waals surface area contributed by atoms with E-state index in [2.05, 4.69) is 4.72 Å². The van der Waals surface area contributed by atoms with Gasteiger partial charge in [-0.15, -0.1) is 0 Å². The van der Waals surface area contributed by atoms with Crippen LogP contribution >= 0.6 is 0 Å². The second kappa shape index (κ2) is 7.74. The summed E-state index contributed by atoms with van der Waals surface area (Å²) in [5.41, 5.74) is 1.99. The lowest BCUT2D eigenvalue weighted by Crippen LogP contribution is -2.34. The number of nitrogens with one attached hydrogen (secondary N) is 1. The summed E-state index contributed by atoms with van der Waals surface area (Å²) >= 11 is 0. The summed E-state index contributed by atoms with van der Waals surface area (Å²) in [6.07, 6.45) is 0. The van der Waals surface area contributed by atoms with Gasteiger partial charge in [-0.1, -0.05) is 12.1 Å². The number of benzene rings is 2. The molecule has 2 atom stereocenters. The highest BCUT2D eigenvalue weighted by molar-refractivity contribution is 7.93. The Morgan fingerprint density at radius 1 is 1.14 bits per heavy atom. The Morgan fingerprint density at radius 3 is 2.29 bits per heavy atom. The maximum atomic E-state index is 13.0. The fraction of sp³-hybridized carbons (Fsp3) is 0.333. The zero-order valence-electron chi connectivity index (χ0n) is 15.8. The number of non-ortho nitro benzene ring substituents is 1. The average molecular weight is 406 g/mol. The van der Waals surface area contributed by atoms with E-state index in [9.17, 15) is 18.5 Å². The molecule has 28 heavy (non-hydrogen) atoms. The van der Waals surface area contributed by atoms with Gasteiger partial charge in [-0.05, 0) is 29.8 Å². The topological polar surface area (TPSA) is 105 Å². The SMILES string of the molecule is CN(C)c1ccc(NS(=O)(=O)C2CON(C)C2c2ccc([N+](=O)[O-])cc2)cc1. The third kappa shape index (κ3) is 4.08. The molecule has 1 aliphatic rings. The molecule has 0 radical (unpaired) electrons. The third-order valence-corrected chi connectivity index (χ3v) is 6.39. The lowest BCUT2D eigenvalue weighted by Gasteiger charge is -2.23. The molecule has 0 aromatic heterocycles. The summed E-state index contributed by atoms with van der Waals surface area (Å²) in [5, 5.41) is 11.5. The fourth-order valence-electron chi connectivity index (χ4n) is 3.14. The highest BCUT2D eigenvalue weighted by Crippen LogP contribution is 2.35. The predicted octanol–water partition coefficient (Wildman–Crippen LogP) is 2.39. The van der Waals surface area contributed by atoms with Crippen molar-refractivity contribution in [3.8, 4) is 0 Å². The summed E-state index contributed by atoms with van der Waals surface area (Å²) in [4.78, 5) is 17.7. The van der Waals surface area contributed by atoms with Crippen molar-refractivity contribution < 1.29 is 18.2 Å². The van der Waals surface area contributed by atoms with Gasteiger partial charge in [0, 0.05) is 44.7 Å². The number of hydrogen-bond donors (Lipinski definition) is 1. The maximum Gasteiger partial charge on any atom is 0.269 e. The molecule has 2 aromatic rings. The molecule has 0 spiro atoms. The van der Waals surface area contributed by atoms with Gasteiger partial charge in [-0.25, -0.2) is 8.42 Å². The van der Waals surface area contributed by atoms with E-state index in [1.54, 1.807) is 31.3 Å². The zero-order valence-corrected chi connectivity index (χ0v) is 16.6. The van der Waals surface area contributed by atoms with Gasteiger partial charge in [0.15, 0.2) is 0 Å². The molecule has 1 aliphatic heterocycles. The first-order chi connectivity index (χ1) is 13.2. The van der Waals surface area contributed by atoms with E-state index in [1.165, 1.54) is 17.2 Å². The van der Waals surface area contributed by atoms with Gasteiger partial charge in [-0.3, -0.25) is 19.7 Å². The Bertz CT molecular complexity index is 945. The summed E-state index contributed by atoms with van der Waals surface area (Å²) < 4.78 is 28.6. The number of nitro groups is 1. The molecular formula is C18H22N4O5S. The Morgan fingerprint density at radius 2 is 1.75 bits per heavy atom. The van der Waals surface area contributed by atoms with Crippen molar-refractivity contribution in [2.24, 2.45) is 0 Å². The highest BCUT2D eigenvalue weighted by atomic mass is 32.2. The number of hydrogen-bond acceptors (Lipinski definition) is 7. The summed E-state index contributed by atoms with van der Waals surface area (Å²) in [7, 11) is 1.68. The molecular weight excluding hydrogens is 384 g/mol. The smallest absolute Gasteiger partial charge is 0.269 e. The molecule has 0 saturated carbocycles. The van der Waals surface area contributed by atoms with E-state index < -0.39 is 26.2 Å². The lowest BCUT2D eigenvalue weighted by atomic mass is 10.0. The molecule has 2 aromatic carbocycles. The van der Waals surface area contributed by atoms with E-state index >= 15 is 0 Å². The van der Waals surface area contributed by atoms with E-state index in [0.29, 0.717) is 11.3 Å². The van der Waals surface area contributed by atoms with Crippen LogP contribution in [-0.4, -0.2) is 51.4 Å². The molecule has 1 N–H and O–H groups in total. The van der Waals surface area contributed by atoms with Crippen LogP contribution in [0.3, 0.4) is 0 Å². The standard InChI is InChI=1S/C18H22N4O5S/c1-20(2)15-10-6-14(7-11-15)19-28(25,26)17-12-27-21(3)18(17)13-4-8-16(9-5-13)22(23)24/h4-11,17-19H,12H2,1-3H3. The van der Waals surface area contributed by atoms with E-state index in [0.717, 1.165) is 5.69 Å². The minimum Gasteiger partial charge on any atom is -0.378 e. The van der Waals surface area contributed by atoms with Crippen LogP contribution in [0.1, 0.15) is 11.6 Å². The molecule has 150 valence electrons. The highest BCUT2D eigenvalue weighted by Gasteiger charge is 2.43. The molecule has 0 amide bonds. The molecule has 3 rings (SSSR count). The zero-order chi connectivity index (χ0) is 20.5. The van der Waals surface area contributed by atoms with Gasteiger partial charge in [0.05, 0.1) is 17.6 Å². The third-order valence-electron chi connectivity index (χ3n) is 4.67. The van der Waals surface area contributed by atoms with Crippen molar-refractivity contribution in [3.05, 3.63) is 64.2 Å². The van der Waals surface area contributed by atoms with Gasteiger partial charge in [0.25, 0.3) is 5.69 Å². The molecule has 0 aliphatic carbocycles. The molecule has 1 saturated heterocycles. The van der Waals surface area contributed by atoms with Gasteiger partial charge in [-0.2, -0.15) is 5.06 Å². The maximum absolute atomic E-state index is 13.0. The Balaban J connectivity index is 1.84. The lowest BCUT2D eigenvalue weighted by molar-refractivity contribution is -0.384. The Labute approximate surface area is 163 Å². The molecule has 0 bridgehead atoms. The first kappa shape index (κ1) is 20.1. The number of sulfonamides is 1.